The van der Waals surface area contributed by atoms with Crippen molar-refractivity contribution in [1.82, 2.24) is 0 Å². The Balaban J connectivity index is 3.22. The van der Waals surface area contributed by atoms with Crippen LogP contribution < -0.4 is 0 Å². The molecule has 0 bridgehead atoms. The molecule has 11 heteroatoms. The molecule has 1 aliphatic rings. The van der Waals surface area contributed by atoms with E-state index in [4.69, 9.17) is 14.2 Å². The molecular weight excluding hydrogens is 437 g/mol. The molecule has 1 rings (SSSR count). The van der Waals surface area contributed by atoms with E-state index in [0.717, 1.165) is 26.8 Å². The van der Waals surface area contributed by atoms with Gasteiger partial charge in [0.25, 0.3) is 0 Å². The second kappa shape index (κ2) is 11.2. The van der Waals surface area contributed by atoms with Gasteiger partial charge in [-0.05, 0) is 32.1 Å². The maximum absolute atomic E-state index is 13.9. The highest BCUT2D eigenvalue weighted by Crippen LogP contribution is 2.59. The number of alkyl halides is 3. The molecule has 5 atom stereocenters. The van der Waals surface area contributed by atoms with E-state index < -0.39 is 84.9 Å². The SMILES string of the molecule is CC(=O)C(F)COC(C=CC1C(C(=O)O)C1(C)C)(OCC(F)C(C)=O)OCC(F)C(C)=O. The zero-order chi connectivity index (χ0) is 24.9. The number of ketones is 3. The molecule has 8 nitrogen and oxygen atoms in total. The number of carbonyl (C=O) groups excluding carboxylic acids is 3. The highest BCUT2D eigenvalue weighted by Gasteiger charge is 2.61. The van der Waals surface area contributed by atoms with E-state index in [1.807, 2.05) is 0 Å². The van der Waals surface area contributed by atoms with Gasteiger partial charge in [-0.1, -0.05) is 19.9 Å². The van der Waals surface area contributed by atoms with Crippen LogP contribution in [0, 0.1) is 17.3 Å². The standard InChI is InChI=1S/C21H29F3O8/c1-11(25)15(22)8-30-21(31-9-16(23)12(2)26,32-10-17(24)13(3)27)7-6-14-18(19(28)29)20(14,4)5/h6-7,14-18H,8-10H2,1-5H3,(H,28,29). The van der Waals surface area contributed by atoms with E-state index in [2.05, 4.69) is 0 Å². The maximum Gasteiger partial charge on any atom is 0.307 e. The topological polar surface area (TPSA) is 116 Å². The molecule has 1 aliphatic carbocycles. The maximum atomic E-state index is 13.9. The fourth-order valence-corrected chi connectivity index (χ4v) is 2.92. The zero-order valence-electron chi connectivity index (χ0n) is 18.6. The van der Waals surface area contributed by atoms with Gasteiger partial charge in [0.2, 0.25) is 0 Å². The van der Waals surface area contributed by atoms with Gasteiger partial charge in [-0.3, -0.25) is 19.2 Å². The summed E-state index contributed by atoms with van der Waals surface area (Å²) in [4.78, 5) is 45.1. The van der Waals surface area contributed by atoms with Gasteiger partial charge in [0.1, 0.15) is 0 Å². The van der Waals surface area contributed by atoms with Crippen LogP contribution in [-0.4, -0.2) is 72.7 Å². The number of hydrogen-bond donors (Lipinski definition) is 1. The van der Waals surface area contributed by atoms with Crippen LogP contribution in [0.1, 0.15) is 34.6 Å². The molecule has 1 fully saturated rings. The van der Waals surface area contributed by atoms with Gasteiger partial charge < -0.3 is 19.3 Å². The first-order valence-electron chi connectivity index (χ1n) is 9.92. The zero-order valence-corrected chi connectivity index (χ0v) is 18.6. The normalized spacial score (nSPS) is 24.4. The number of allylic oxidation sites excluding steroid dienone is 1. The monoisotopic (exact) mass is 466 g/mol. The van der Waals surface area contributed by atoms with Crippen molar-refractivity contribution in [2.75, 3.05) is 19.8 Å². The molecule has 0 heterocycles. The lowest BCUT2D eigenvalue weighted by Gasteiger charge is -2.31. The average Bonchev–Trinajstić information content (AvgIpc) is 3.26. The van der Waals surface area contributed by atoms with Crippen molar-refractivity contribution in [2.24, 2.45) is 17.3 Å². The summed E-state index contributed by atoms with van der Waals surface area (Å²) in [5.41, 5.74) is -0.667. The first kappa shape index (κ1) is 27.9. The van der Waals surface area contributed by atoms with E-state index in [0.29, 0.717) is 0 Å². The highest BCUT2D eigenvalue weighted by atomic mass is 19.1. The molecule has 182 valence electrons. The minimum Gasteiger partial charge on any atom is -0.481 e. The number of carbonyl (C=O) groups is 4. The number of hydrogen-bond acceptors (Lipinski definition) is 7. The summed E-state index contributed by atoms with van der Waals surface area (Å²) in [7, 11) is 0. The molecule has 32 heavy (non-hydrogen) atoms. The van der Waals surface area contributed by atoms with Gasteiger partial charge in [0.05, 0.1) is 25.7 Å². The summed E-state index contributed by atoms with van der Waals surface area (Å²) in [5, 5.41) is 9.31. The lowest BCUT2D eigenvalue weighted by molar-refractivity contribution is -0.356. The fraction of sp³-hybridized carbons (Fsp3) is 0.714. The molecule has 0 amide bonds. The minimum absolute atomic E-state index is 0.549. The van der Waals surface area contributed by atoms with E-state index in [1.54, 1.807) is 13.8 Å². The van der Waals surface area contributed by atoms with Gasteiger partial charge in [-0.25, -0.2) is 13.2 Å². The van der Waals surface area contributed by atoms with Crippen molar-refractivity contribution in [2.45, 2.75) is 59.1 Å². The van der Waals surface area contributed by atoms with Gasteiger partial charge in [0, 0.05) is 6.08 Å². The Morgan fingerprint density at radius 3 is 1.47 bits per heavy atom. The van der Waals surface area contributed by atoms with E-state index in [9.17, 15) is 37.5 Å². The summed E-state index contributed by atoms with van der Waals surface area (Å²) >= 11 is 0. The number of aliphatic carboxylic acids is 1. The Labute approximate surface area is 184 Å². The smallest absolute Gasteiger partial charge is 0.307 e. The van der Waals surface area contributed by atoms with Crippen LogP contribution in [0.25, 0.3) is 0 Å². The lowest BCUT2D eigenvalue weighted by Crippen LogP contribution is -2.43. The van der Waals surface area contributed by atoms with Crippen molar-refractivity contribution < 1.29 is 51.7 Å². The van der Waals surface area contributed by atoms with Crippen LogP contribution >= 0.6 is 0 Å². The van der Waals surface area contributed by atoms with Crippen LogP contribution in [0.2, 0.25) is 0 Å². The van der Waals surface area contributed by atoms with E-state index >= 15 is 0 Å². The Morgan fingerprint density at radius 1 is 0.875 bits per heavy atom. The third kappa shape index (κ3) is 7.49. The average molecular weight is 466 g/mol. The van der Waals surface area contributed by atoms with Crippen LogP contribution in [0.4, 0.5) is 13.2 Å². The van der Waals surface area contributed by atoms with E-state index in [-0.39, 0.29) is 0 Å². The Bertz CT molecular complexity index is 692. The summed E-state index contributed by atoms with van der Waals surface area (Å²) in [5.74, 6) is -7.56. The predicted octanol–water partition coefficient (Wildman–Crippen LogP) is 2.38. The second-order valence-corrected chi connectivity index (χ2v) is 8.29. The number of ether oxygens (including phenoxy) is 3. The Morgan fingerprint density at radius 2 is 1.22 bits per heavy atom. The highest BCUT2D eigenvalue weighted by molar-refractivity contribution is 5.81. The Hall–Kier alpha value is -2.11. The predicted molar refractivity (Wildman–Crippen MR) is 105 cm³/mol. The van der Waals surface area contributed by atoms with Gasteiger partial charge in [-0.2, -0.15) is 0 Å². The number of Topliss-reactive ketones (excluding diaryl/α,β-unsaturated/α-hetero) is 3. The third-order valence-corrected chi connectivity index (χ3v) is 5.30. The molecule has 0 saturated heterocycles. The molecule has 1 N–H and O–H groups in total. The molecular formula is C21H29F3O8. The molecule has 0 radical (unpaired) electrons. The molecule has 0 aromatic carbocycles. The van der Waals surface area contributed by atoms with Gasteiger partial charge in [-0.15, -0.1) is 0 Å². The van der Waals surface area contributed by atoms with Crippen LogP contribution in [0.15, 0.2) is 12.2 Å². The number of carboxylic acid groups (broad SMARTS) is 1. The number of rotatable bonds is 15. The summed E-state index contributed by atoms with van der Waals surface area (Å²) in [6.45, 7) is 3.45. The van der Waals surface area contributed by atoms with Gasteiger partial charge in [0.15, 0.2) is 35.9 Å². The second-order valence-electron chi connectivity index (χ2n) is 8.29. The van der Waals surface area contributed by atoms with Gasteiger partial charge >= 0.3 is 11.9 Å². The molecule has 0 aliphatic heterocycles. The van der Waals surface area contributed by atoms with Crippen molar-refractivity contribution >= 4 is 23.3 Å². The molecule has 1 saturated carbocycles. The summed E-state index contributed by atoms with van der Waals surface area (Å²) < 4.78 is 57.3. The fourth-order valence-electron chi connectivity index (χ4n) is 2.92. The van der Waals surface area contributed by atoms with Crippen LogP contribution in [0.3, 0.4) is 0 Å². The summed E-state index contributed by atoms with van der Waals surface area (Å²) in [6, 6.07) is 0. The van der Waals surface area contributed by atoms with Crippen LogP contribution in [0.5, 0.6) is 0 Å². The molecule has 5 unspecified atom stereocenters. The van der Waals surface area contributed by atoms with E-state index in [1.165, 1.54) is 6.08 Å². The Kier molecular flexibility index (Phi) is 9.73. The first-order chi connectivity index (χ1) is 14.6. The van der Waals surface area contributed by atoms with Crippen molar-refractivity contribution in [3.8, 4) is 0 Å². The first-order valence-corrected chi connectivity index (χ1v) is 9.92. The van der Waals surface area contributed by atoms with Crippen molar-refractivity contribution in [3.05, 3.63) is 12.2 Å². The van der Waals surface area contributed by atoms with Crippen LogP contribution in [-0.2, 0) is 33.4 Å². The quantitative estimate of drug-likeness (QED) is 0.289. The van der Waals surface area contributed by atoms with Crippen molar-refractivity contribution in [3.63, 3.8) is 0 Å². The number of carboxylic acids is 1. The third-order valence-electron chi connectivity index (χ3n) is 5.30. The minimum atomic E-state index is -2.49. The number of halogens is 3. The van der Waals surface area contributed by atoms with Crippen molar-refractivity contribution in [1.29, 1.82) is 0 Å². The molecule has 0 spiro atoms. The largest absolute Gasteiger partial charge is 0.481 e. The summed E-state index contributed by atoms with van der Waals surface area (Å²) in [6.07, 6.45) is -4.04. The molecule has 0 aromatic rings. The molecule has 0 aromatic heterocycles. The lowest BCUT2D eigenvalue weighted by atomic mass is 10.1.